The number of aliphatic carboxylic acids is 1. The molecule has 0 aliphatic heterocycles. The fourth-order valence-corrected chi connectivity index (χ4v) is 2.76. The van der Waals surface area contributed by atoms with Crippen molar-refractivity contribution in [1.29, 1.82) is 0 Å². The SMILES string of the molecule is CC(NS(=O)(=O)c1ccc(Cl)cc1)C(=O)NC(CF)C(=O)O. The van der Waals surface area contributed by atoms with E-state index in [-0.39, 0.29) is 4.90 Å². The first kappa shape index (κ1) is 18.3. The normalized spacial score (nSPS) is 14.1. The van der Waals surface area contributed by atoms with E-state index in [1.54, 1.807) is 0 Å². The highest BCUT2D eigenvalue weighted by Crippen LogP contribution is 2.14. The molecule has 0 heterocycles. The van der Waals surface area contributed by atoms with E-state index in [9.17, 15) is 22.4 Å². The van der Waals surface area contributed by atoms with Gasteiger partial charge in [0.25, 0.3) is 0 Å². The Balaban J connectivity index is 2.78. The molecule has 0 aliphatic carbocycles. The van der Waals surface area contributed by atoms with Crippen molar-refractivity contribution in [1.82, 2.24) is 10.0 Å². The first-order valence-electron chi connectivity index (χ1n) is 6.04. The van der Waals surface area contributed by atoms with Gasteiger partial charge in [-0.05, 0) is 31.2 Å². The molecule has 0 aromatic heterocycles. The number of nitrogens with one attached hydrogen (secondary N) is 2. The van der Waals surface area contributed by atoms with Gasteiger partial charge in [0, 0.05) is 5.02 Å². The Hall–Kier alpha value is -1.71. The summed E-state index contributed by atoms with van der Waals surface area (Å²) in [6.07, 6.45) is 0. The number of carboxylic acid groups (broad SMARTS) is 1. The van der Waals surface area contributed by atoms with Crippen LogP contribution in [0.2, 0.25) is 5.02 Å². The Morgan fingerprint density at radius 1 is 1.32 bits per heavy atom. The lowest BCUT2D eigenvalue weighted by molar-refractivity contribution is -0.142. The molecule has 0 fully saturated rings. The summed E-state index contributed by atoms with van der Waals surface area (Å²) in [7, 11) is -3.99. The third-order valence-electron chi connectivity index (χ3n) is 2.62. The quantitative estimate of drug-likeness (QED) is 0.663. The molecule has 10 heteroatoms. The Labute approximate surface area is 131 Å². The lowest BCUT2D eigenvalue weighted by Gasteiger charge is -2.17. The number of benzene rings is 1. The van der Waals surface area contributed by atoms with E-state index in [1.165, 1.54) is 31.2 Å². The van der Waals surface area contributed by atoms with Crippen molar-refractivity contribution in [3.63, 3.8) is 0 Å². The van der Waals surface area contributed by atoms with Crippen LogP contribution in [0.4, 0.5) is 4.39 Å². The summed E-state index contributed by atoms with van der Waals surface area (Å²) in [6, 6.07) is 2.21. The van der Waals surface area contributed by atoms with Crippen molar-refractivity contribution < 1.29 is 27.5 Å². The number of hydrogen-bond donors (Lipinski definition) is 3. The second-order valence-electron chi connectivity index (χ2n) is 4.35. The summed E-state index contributed by atoms with van der Waals surface area (Å²) in [5.41, 5.74) is 0. The van der Waals surface area contributed by atoms with Crippen LogP contribution < -0.4 is 10.0 Å². The summed E-state index contributed by atoms with van der Waals surface area (Å²) < 4.78 is 38.5. The van der Waals surface area contributed by atoms with E-state index in [1.807, 2.05) is 5.32 Å². The Kier molecular flexibility index (Phi) is 6.27. The zero-order valence-corrected chi connectivity index (χ0v) is 13.0. The van der Waals surface area contributed by atoms with Crippen molar-refractivity contribution in [3.8, 4) is 0 Å². The predicted molar refractivity (Wildman–Crippen MR) is 76.8 cm³/mol. The molecule has 0 saturated carbocycles. The molecule has 1 amide bonds. The second kappa shape index (κ2) is 7.52. The van der Waals surface area contributed by atoms with Crippen LogP contribution in [0.5, 0.6) is 0 Å². The molecule has 0 saturated heterocycles. The van der Waals surface area contributed by atoms with Crippen LogP contribution in [0, 0.1) is 0 Å². The van der Waals surface area contributed by atoms with Gasteiger partial charge in [-0.2, -0.15) is 4.72 Å². The third-order valence-corrected chi connectivity index (χ3v) is 4.43. The van der Waals surface area contributed by atoms with Crippen molar-refractivity contribution in [2.75, 3.05) is 6.67 Å². The van der Waals surface area contributed by atoms with Crippen LogP contribution in [-0.2, 0) is 19.6 Å². The van der Waals surface area contributed by atoms with E-state index in [4.69, 9.17) is 16.7 Å². The van der Waals surface area contributed by atoms with Crippen LogP contribution in [0.1, 0.15) is 6.92 Å². The summed E-state index contributed by atoms with van der Waals surface area (Å²) in [5, 5.41) is 10.9. The minimum atomic E-state index is -3.99. The average Bonchev–Trinajstić information content (AvgIpc) is 2.43. The second-order valence-corrected chi connectivity index (χ2v) is 6.50. The van der Waals surface area contributed by atoms with Crippen molar-refractivity contribution in [2.45, 2.75) is 23.9 Å². The first-order valence-corrected chi connectivity index (χ1v) is 7.90. The summed E-state index contributed by atoms with van der Waals surface area (Å²) >= 11 is 5.65. The van der Waals surface area contributed by atoms with Gasteiger partial charge >= 0.3 is 5.97 Å². The lowest BCUT2D eigenvalue weighted by atomic mass is 10.3. The Bertz CT molecular complexity index is 650. The van der Waals surface area contributed by atoms with E-state index in [0.29, 0.717) is 5.02 Å². The Morgan fingerprint density at radius 2 is 1.86 bits per heavy atom. The van der Waals surface area contributed by atoms with Crippen LogP contribution >= 0.6 is 11.6 Å². The standard InChI is InChI=1S/C12H14ClFN2O5S/c1-7(11(17)15-10(6-14)12(18)19)16-22(20,21)9-4-2-8(13)3-5-9/h2-5,7,10,16H,6H2,1H3,(H,15,17)(H,18,19). The van der Waals surface area contributed by atoms with Crippen LogP contribution in [0.25, 0.3) is 0 Å². The maximum atomic E-state index is 12.4. The molecule has 3 N–H and O–H groups in total. The molecular formula is C12H14ClFN2O5S. The van der Waals surface area contributed by atoms with Crippen molar-refractivity contribution in [3.05, 3.63) is 29.3 Å². The average molecular weight is 353 g/mol. The van der Waals surface area contributed by atoms with Gasteiger partial charge < -0.3 is 10.4 Å². The maximum Gasteiger partial charge on any atom is 0.328 e. The number of halogens is 2. The van der Waals surface area contributed by atoms with Crippen LogP contribution in [0.3, 0.4) is 0 Å². The fourth-order valence-electron chi connectivity index (χ4n) is 1.43. The zero-order valence-electron chi connectivity index (χ0n) is 11.4. The number of carboxylic acids is 1. The number of rotatable bonds is 7. The van der Waals surface area contributed by atoms with Gasteiger partial charge in [0.2, 0.25) is 15.9 Å². The van der Waals surface area contributed by atoms with E-state index < -0.39 is 40.7 Å². The molecule has 122 valence electrons. The summed E-state index contributed by atoms with van der Waals surface area (Å²) in [6.45, 7) is -0.0995. The van der Waals surface area contributed by atoms with Crippen LogP contribution in [-0.4, -0.2) is 44.2 Å². The molecule has 1 aromatic rings. The molecule has 0 bridgehead atoms. The van der Waals surface area contributed by atoms with E-state index in [2.05, 4.69) is 4.72 Å². The van der Waals surface area contributed by atoms with Crippen LogP contribution in [0.15, 0.2) is 29.2 Å². The van der Waals surface area contributed by atoms with E-state index in [0.717, 1.165) is 0 Å². The molecule has 2 unspecified atom stereocenters. The van der Waals surface area contributed by atoms with Gasteiger partial charge in [0.05, 0.1) is 10.9 Å². The number of carbonyl (C=O) groups excluding carboxylic acids is 1. The van der Waals surface area contributed by atoms with Gasteiger partial charge in [-0.1, -0.05) is 11.6 Å². The lowest BCUT2D eigenvalue weighted by Crippen LogP contribution is -2.51. The zero-order chi connectivity index (χ0) is 16.9. The highest BCUT2D eigenvalue weighted by Gasteiger charge is 2.26. The molecule has 0 radical (unpaired) electrons. The third kappa shape index (κ3) is 4.93. The number of amides is 1. The van der Waals surface area contributed by atoms with Gasteiger partial charge in [-0.3, -0.25) is 4.79 Å². The minimum absolute atomic E-state index is 0.114. The highest BCUT2D eigenvalue weighted by molar-refractivity contribution is 7.89. The molecule has 1 aromatic carbocycles. The number of alkyl halides is 1. The summed E-state index contributed by atoms with van der Waals surface area (Å²) in [4.78, 5) is 22.2. The topological polar surface area (TPSA) is 113 Å². The molecule has 0 spiro atoms. The smallest absolute Gasteiger partial charge is 0.328 e. The van der Waals surface area contributed by atoms with Gasteiger partial charge in [-0.15, -0.1) is 0 Å². The van der Waals surface area contributed by atoms with E-state index >= 15 is 0 Å². The Morgan fingerprint density at radius 3 is 2.32 bits per heavy atom. The van der Waals surface area contributed by atoms with Crippen molar-refractivity contribution in [2.24, 2.45) is 0 Å². The fraction of sp³-hybridized carbons (Fsp3) is 0.333. The van der Waals surface area contributed by atoms with Gasteiger partial charge in [-0.25, -0.2) is 17.6 Å². The predicted octanol–water partition coefficient (Wildman–Crippen LogP) is 0.546. The number of carbonyl (C=O) groups is 2. The number of sulfonamides is 1. The summed E-state index contributed by atoms with van der Waals surface area (Å²) in [5.74, 6) is -2.51. The highest BCUT2D eigenvalue weighted by atomic mass is 35.5. The number of hydrogen-bond acceptors (Lipinski definition) is 4. The van der Waals surface area contributed by atoms with Crippen molar-refractivity contribution >= 4 is 33.5 Å². The molecule has 22 heavy (non-hydrogen) atoms. The minimum Gasteiger partial charge on any atom is -0.480 e. The molecular weight excluding hydrogens is 339 g/mol. The molecule has 7 nitrogen and oxygen atoms in total. The largest absolute Gasteiger partial charge is 0.480 e. The monoisotopic (exact) mass is 352 g/mol. The first-order chi connectivity index (χ1) is 10.2. The molecule has 2 atom stereocenters. The maximum absolute atomic E-state index is 12.4. The molecule has 1 rings (SSSR count). The van der Waals surface area contributed by atoms with Gasteiger partial charge in [0.1, 0.15) is 6.67 Å². The van der Waals surface area contributed by atoms with Gasteiger partial charge in [0.15, 0.2) is 6.04 Å². The molecule has 0 aliphatic rings.